The number of hydrogen-bond acceptors (Lipinski definition) is 7. The number of nitrogens with one attached hydrogen (secondary N) is 1. The molecule has 1 unspecified atom stereocenters. The van der Waals surface area contributed by atoms with Gasteiger partial charge in [0, 0.05) is 34.6 Å². The van der Waals surface area contributed by atoms with Gasteiger partial charge >= 0.3 is 6.18 Å². The van der Waals surface area contributed by atoms with E-state index in [1.54, 1.807) is 30.6 Å². The van der Waals surface area contributed by atoms with Gasteiger partial charge in [0.05, 0.1) is 18.3 Å². The molecule has 6 rings (SSSR count). The second-order valence-corrected chi connectivity index (χ2v) is 11.5. The second-order valence-electron chi connectivity index (χ2n) is 11.5. The van der Waals surface area contributed by atoms with Crippen molar-refractivity contribution >= 4 is 11.8 Å². The predicted molar refractivity (Wildman–Crippen MR) is 157 cm³/mol. The zero-order valence-corrected chi connectivity index (χ0v) is 24.4. The second kappa shape index (κ2) is 11.4. The Balaban J connectivity index is 1.37. The van der Waals surface area contributed by atoms with Crippen molar-refractivity contribution in [2.75, 3.05) is 13.2 Å². The lowest BCUT2D eigenvalue weighted by Crippen LogP contribution is -2.51. The van der Waals surface area contributed by atoms with E-state index in [9.17, 15) is 32.3 Å². The third-order valence-corrected chi connectivity index (χ3v) is 8.18. The standard InChI is InChI=1S/C33H28F4N4O5/c1-31(30(38)43)17-45-28-24(31)15-26(41-27(28)19-2-5-21(34)6-3-19)32(44,33(35,36)37)16-40-29(42)20-4-9-23(18-10-12-39-13-11-18)25(14-20)46-22-7-8-22/h2-6,9-15,22,44H,7-8,16-17H2,1H3,(H2,38,43)(H,40,42)/t31-,32?/m0/s1. The summed E-state index contributed by atoms with van der Waals surface area (Å²) in [5.41, 5.74) is 0.824. The minimum atomic E-state index is -5.35. The van der Waals surface area contributed by atoms with Gasteiger partial charge in [-0.15, -0.1) is 0 Å². The summed E-state index contributed by atoms with van der Waals surface area (Å²) in [6.07, 6.45) is -0.527. The lowest BCUT2D eigenvalue weighted by molar-refractivity contribution is -0.265. The molecule has 1 saturated carbocycles. The van der Waals surface area contributed by atoms with Crippen molar-refractivity contribution in [1.29, 1.82) is 0 Å². The number of ether oxygens (including phenoxy) is 2. The highest BCUT2D eigenvalue weighted by atomic mass is 19.4. The Morgan fingerprint density at radius 2 is 1.76 bits per heavy atom. The summed E-state index contributed by atoms with van der Waals surface area (Å²) in [6, 6.07) is 13.6. The van der Waals surface area contributed by atoms with Crippen molar-refractivity contribution in [3.05, 3.63) is 95.7 Å². The van der Waals surface area contributed by atoms with Crippen molar-refractivity contribution in [2.24, 2.45) is 5.73 Å². The Hall–Kier alpha value is -5.04. The number of carbonyl (C=O) groups excluding carboxylic acids is 2. The number of pyridine rings is 2. The van der Waals surface area contributed by atoms with Crippen LogP contribution in [0.5, 0.6) is 11.5 Å². The summed E-state index contributed by atoms with van der Waals surface area (Å²) in [7, 11) is 0. The molecule has 0 bridgehead atoms. The van der Waals surface area contributed by atoms with Crippen molar-refractivity contribution in [1.82, 2.24) is 15.3 Å². The molecule has 4 N–H and O–H groups in total. The first-order valence-corrected chi connectivity index (χ1v) is 14.3. The Labute approximate surface area is 260 Å². The number of fused-ring (bicyclic) bond motifs is 1. The lowest BCUT2D eigenvalue weighted by atomic mass is 9.81. The molecule has 2 aliphatic rings. The fraction of sp³-hybridized carbons (Fsp3) is 0.273. The maximum Gasteiger partial charge on any atom is 0.424 e. The van der Waals surface area contributed by atoms with Crippen molar-refractivity contribution in [3.8, 4) is 33.9 Å². The summed E-state index contributed by atoms with van der Waals surface area (Å²) in [5, 5.41) is 13.5. The maximum absolute atomic E-state index is 14.7. The number of aromatic nitrogens is 2. The molecule has 238 valence electrons. The summed E-state index contributed by atoms with van der Waals surface area (Å²) < 4.78 is 69.6. The summed E-state index contributed by atoms with van der Waals surface area (Å²) >= 11 is 0. The number of aliphatic hydroxyl groups is 1. The van der Waals surface area contributed by atoms with Crippen LogP contribution in [0.1, 0.15) is 41.4 Å². The lowest BCUT2D eigenvalue weighted by Gasteiger charge is -2.31. The van der Waals surface area contributed by atoms with Gasteiger partial charge in [0.1, 0.15) is 35.0 Å². The molecule has 46 heavy (non-hydrogen) atoms. The number of primary amides is 1. The zero-order chi connectivity index (χ0) is 32.9. The Kier molecular flexibility index (Phi) is 7.67. The Bertz CT molecular complexity index is 1820. The molecule has 1 aliphatic heterocycles. The van der Waals surface area contributed by atoms with E-state index in [1.807, 2.05) is 0 Å². The third-order valence-electron chi connectivity index (χ3n) is 8.18. The summed E-state index contributed by atoms with van der Waals surface area (Å²) in [6.45, 7) is -0.229. The number of rotatable bonds is 9. The number of nitrogens with two attached hydrogens (primary N) is 1. The molecule has 2 amide bonds. The van der Waals surface area contributed by atoms with Crippen molar-refractivity contribution in [2.45, 2.75) is 43.1 Å². The fourth-order valence-electron chi connectivity index (χ4n) is 5.15. The van der Waals surface area contributed by atoms with E-state index < -0.39 is 47.1 Å². The van der Waals surface area contributed by atoms with Crippen LogP contribution in [-0.4, -0.2) is 52.3 Å². The first-order chi connectivity index (χ1) is 21.8. The van der Waals surface area contributed by atoms with E-state index >= 15 is 0 Å². The molecule has 3 heterocycles. The molecule has 13 heteroatoms. The average Bonchev–Trinajstić information content (AvgIpc) is 3.79. The first kappa shape index (κ1) is 31.0. The van der Waals surface area contributed by atoms with Crippen LogP contribution < -0.4 is 20.5 Å². The zero-order valence-electron chi connectivity index (χ0n) is 24.4. The number of hydrogen-bond donors (Lipinski definition) is 3. The van der Waals surface area contributed by atoms with Gasteiger partial charge in [-0.25, -0.2) is 9.37 Å². The van der Waals surface area contributed by atoms with Crippen LogP contribution in [0.15, 0.2) is 73.1 Å². The summed E-state index contributed by atoms with van der Waals surface area (Å²) in [4.78, 5) is 33.8. The molecular weight excluding hydrogens is 608 g/mol. The van der Waals surface area contributed by atoms with Crippen LogP contribution in [0.3, 0.4) is 0 Å². The largest absolute Gasteiger partial charge is 0.490 e. The molecule has 1 aliphatic carbocycles. The van der Waals surface area contributed by atoms with E-state index in [2.05, 4.69) is 15.3 Å². The van der Waals surface area contributed by atoms with Crippen LogP contribution in [0.2, 0.25) is 0 Å². The topological polar surface area (TPSA) is 137 Å². The molecule has 0 radical (unpaired) electrons. The monoisotopic (exact) mass is 636 g/mol. The fourth-order valence-corrected chi connectivity index (χ4v) is 5.15. The van der Waals surface area contributed by atoms with Gasteiger partial charge in [0.15, 0.2) is 0 Å². The highest BCUT2D eigenvalue weighted by molar-refractivity contribution is 5.95. The number of halogens is 4. The SMILES string of the molecule is C[C@]1(C(N)=O)COc2c1cc(C(O)(CNC(=O)c1ccc(-c3ccncc3)c(OC3CC3)c1)C(F)(F)F)nc2-c1ccc(F)cc1. The van der Waals surface area contributed by atoms with E-state index in [0.29, 0.717) is 11.3 Å². The predicted octanol–water partition coefficient (Wildman–Crippen LogP) is 4.81. The van der Waals surface area contributed by atoms with Crippen molar-refractivity contribution in [3.63, 3.8) is 0 Å². The molecule has 1 fully saturated rings. The number of nitrogens with zero attached hydrogens (tertiary/aromatic N) is 2. The smallest absolute Gasteiger partial charge is 0.424 e. The van der Waals surface area contributed by atoms with E-state index in [4.69, 9.17) is 15.2 Å². The van der Waals surface area contributed by atoms with Crippen molar-refractivity contribution < 1.29 is 41.7 Å². The maximum atomic E-state index is 14.7. The minimum Gasteiger partial charge on any atom is -0.490 e. The molecule has 4 aromatic rings. The molecule has 2 aromatic carbocycles. The van der Waals surface area contributed by atoms with Gasteiger partial charge in [0.2, 0.25) is 11.5 Å². The van der Waals surface area contributed by atoms with Gasteiger partial charge in [-0.2, -0.15) is 13.2 Å². The van der Waals surface area contributed by atoms with Gasteiger partial charge in [-0.05, 0) is 86.0 Å². The highest BCUT2D eigenvalue weighted by Gasteiger charge is 2.57. The van der Waals surface area contributed by atoms with Gasteiger partial charge in [-0.3, -0.25) is 14.6 Å². The van der Waals surface area contributed by atoms with E-state index in [0.717, 1.165) is 36.6 Å². The number of benzene rings is 2. The number of alkyl halides is 3. The molecule has 2 atom stereocenters. The molecule has 0 saturated heterocycles. The number of carbonyl (C=O) groups is 2. The van der Waals surface area contributed by atoms with Crippen LogP contribution >= 0.6 is 0 Å². The minimum absolute atomic E-state index is 0.00148. The van der Waals surface area contributed by atoms with E-state index in [-0.39, 0.29) is 40.8 Å². The third kappa shape index (κ3) is 5.62. The Morgan fingerprint density at radius 3 is 2.39 bits per heavy atom. The van der Waals surface area contributed by atoms with Gasteiger partial charge < -0.3 is 25.6 Å². The van der Waals surface area contributed by atoms with Gasteiger partial charge in [0.25, 0.3) is 5.91 Å². The normalized spacial score (nSPS) is 18.7. The van der Waals surface area contributed by atoms with Crippen LogP contribution in [0.4, 0.5) is 17.6 Å². The Morgan fingerprint density at radius 1 is 1.07 bits per heavy atom. The summed E-state index contributed by atoms with van der Waals surface area (Å²) in [5.74, 6) is -2.04. The average molecular weight is 637 g/mol. The van der Waals surface area contributed by atoms with Crippen LogP contribution in [0.25, 0.3) is 22.4 Å². The highest BCUT2D eigenvalue weighted by Crippen LogP contribution is 2.48. The number of amides is 2. The first-order valence-electron chi connectivity index (χ1n) is 14.3. The molecule has 0 spiro atoms. The molecule has 9 nitrogen and oxygen atoms in total. The van der Waals surface area contributed by atoms with Gasteiger partial charge in [-0.1, -0.05) is 0 Å². The quantitative estimate of drug-likeness (QED) is 0.225. The van der Waals surface area contributed by atoms with E-state index in [1.165, 1.54) is 31.2 Å². The molecular formula is C33H28F4N4O5. The molecule has 2 aromatic heterocycles. The van der Waals surface area contributed by atoms with Crippen LogP contribution in [-0.2, 0) is 15.8 Å². The van der Waals surface area contributed by atoms with Crippen LogP contribution in [0, 0.1) is 5.82 Å².